The standard InChI is InChI=1S/C14H19BO4/c1-3-4-8-18-14(16)12-7-5-6-11-9-10(2)15(17)19-13(11)12/h5-7,10,17H,3-4,8-9H2,1-2H3. The summed E-state index contributed by atoms with van der Waals surface area (Å²) in [7, 11) is -0.864. The molecule has 0 radical (unpaired) electrons. The molecule has 0 bridgehead atoms. The Labute approximate surface area is 113 Å². The van der Waals surface area contributed by atoms with Crippen LogP contribution < -0.4 is 4.65 Å². The number of rotatable bonds is 4. The van der Waals surface area contributed by atoms with Gasteiger partial charge in [0.15, 0.2) is 0 Å². The maximum Gasteiger partial charge on any atom is 0.525 e. The van der Waals surface area contributed by atoms with E-state index in [1.165, 1.54) is 0 Å². The minimum Gasteiger partial charge on any atom is -0.535 e. The predicted octanol–water partition coefficient (Wildman–Crippen LogP) is 2.45. The van der Waals surface area contributed by atoms with Crippen LogP contribution in [0.1, 0.15) is 42.6 Å². The van der Waals surface area contributed by atoms with Crippen molar-refractivity contribution in [2.45, 2.75) is 38.9 Å². The fourth-order valence-corrected chi connectivity index (χ4v) is 2.12. The van der Waals surface area contributed by atoms with Gasteiger partial charge in [0.25, 0.3) is 0 Å². The van der Waals surface area contributed by atoms with Crippen molar-refractivity contribution in [3.8, 4) is 5.75 Å². The minimum atomic E-state index is -0.864. The summed E-state index contributed by atoms with van der Waals surface area (Å²) < 4.78 is 10.7. The van der Waals surface area contributed by atoms with Crippen molar-refractivity contribution in [2.24, 2.45) is 0 Å². The number of hydrogen-bond donors (Lipinski definition) is 1. The number of ether oxygens (including phenoxy) is 1. The Morgan fingerprint density at radius 1 is 1.58 bits per heavy atom. The Morgan fingerprint density at radius 2 is 2.37 bits per heavy atom. The lowest BCUT2D eigenvalue weighted by Gasteiger charge is -2.26. The first kappa shape index (κ1) is 13.9. The second kappa shape index (κ2) is 6.11. The smallest absolute Gasteiger partial charge is 0.525 e. The molecule has 0 spiro atoms. The molecule has 1 unspecified atom stereocenters. The lowest BCUT2D eigenvalue weighted by molar-refractivity contribution is 0.0497. The van der Waals surface area contributed by atoms with E-state index in [4.69, 9.17) is 9.39 Å². The van der Waals surface area contributed by atoms with Gasteiger partial charge in [0.05, 0.1) is 6.61 Å². The molecule has 0 fully saturated rings. The molecule has 1 aliphatic rings. The summed E-state index contributed by atoms with van der Waals surface area (Å²) >= 11 is 0. The van der Waals surface area contributed by atoms with Gasteiger partial charge in [0.1, 0.15) is 11.3 Å². The molecule has 1 aromatic rings. The van der Waals surface area contributed by atoms with Crippen LogP contribution in [-0.4, -0.2) is 24.7 Å². The molecule has 0 saturated heterocycles. The molecule has 19 heavy (non-hydrogen) atoms. The summed E-state index contributed by atoms with van der Waals surface area (Å²) in [5.74, 6) is 0.112. The number of para-hydroxylation sites is 1. The maximum atomic E-state index is 12.0. The molecule has 1 aliphatic heterocycles. The number of carbonyl (C=O) groups is 1. The lowest BCUT2D eigenvalue weighted by atomic mass is 9.68. The van der Waals surface area contributed by atoms with Crippen LogP contribution in [0.2, 0.25) is 5.82 Å². The van der Waals surface area contributed by atoms with Crippen molar-refractivity contribution in [2.75, 3.05) is 6.61 Å². The van der Waals surface area contributed by atoms with E-state index in [1.54, 1.807) is 6.07 Å². The minimum absolute atomic E-state index is 0.0267. The number of benzene rings is 1. The SMILES string of the molecule is CCCCOC(=O)c1cccc2c1OB(O)C(C)C2. The second-order valence-electron chi connectivity index (χ2n) is 4.97. The van der Waals surface area contributed by atoms with Gasteiger partial charge in [-0.25, -0.2) is 4.79 Å². The fourth-order valence-electron chi connectivity index (χ4n) is 2.12. The topological polar surface area (TPSA) is 55.8 Å². The van der Waals surface area contributed by atoms with E-state index in [2.05, 4.69) is 0 Å². The van der Waals surface area contributed by atoms with Gasteiger partial charge < -0.3 is 14.4 Å². The molecule has 102 valence electrons. The van der Waals surface area contributed by atoms with Crippen LogP contribution in [0.25, 0.3) is 0 Å². The molecule has 1 heterocycles. The van der Waals surface area contributed by atoms with E-state index in [-0.39, 0.29) is 11.8 Å². The van der Waals surface area contributed by atoms with Gasteiger partial charge >= 0.3 is 13.1 Å². The Hall–Kier alpha value is -1.49. The molecular formula is C14H19BO4. The van der Waals surface area contributed by atoms with Crippen LogP contribution in [0, 0.1) is 0 Å². The van der Waals surface area contributed by atoms with Gasteiger partial charge in [-0.2, -0.15) is 0 Å². The highest BCUT2D eigenvalue weighted by Crippen LogP contribution is 2.34. The number of carbonyl (C=O) groups excluding carboxylic acids is 1. The predicted molar refractivity (Wildman–Crippen MR) is 73.4 cm³/mol. The van der Waals surface area contributed by atoms with Crippen molar-refractivity contribution in [3.05, 3.63) is 29.3 Å². The molecule has 1 aromatic carbocycles. The third kappa shape index (κ3) is 3.10. The second-order valence-corrected chi connectivity index (χ2v) is 4.97. The average Bonchev–Trinajstić information content (AvgIpc) is 2.39. The Bertz CT molecular complexity index is 461. The van der Waals surface area contributed by atoms with Crippen molar-refractivity contribution >= 4 is 13.1 Å². The van der Waals surface area contributed by atoms with E-state index < -0.39 is 7.12 Å². The quantitative estimate of drug-likeness (QED) is 0.514. The highest BCUT2D eigenvalue weighted by Gasteiger charge is 2.33. The summed E-state index contributed by atoms with van der Waals surface area (Å²) in [6, 6.07) is 5.42. The van der Waals surface area contributed by atoms with Gasteiger partial charge in [0, 0.05) is 5.82 Å². The molecule has 0 saturated carbocycles. The summed E-state index contributed by atoms with van der Waals surface area (Å²) in [6.07, 6.45) is 2.53. The third-order valence-corrected chi connectivity index (χ3v) is 3.31. The van der Waals surface area contributed by atoms with E-state index in [1.807, 2.05) is 26.0 Å². The van der Waals surface area contributed by atoms with Crippen LogP contribution in [0.4, 0.5) is 0 Å². The monoisotopic (exact) mass is 262 g/mol. The molecule has 0 aliphatic carbocycles. The molecule has 1 N–H and O–H groups in total. The summed E-state index contributed by atoms with van der Waals surface area (Å²) in [6.45, 7) is 4.37. The molecule has 5 heteroatoms. The van der Waals surface area contributed by atoms with Gasteiger partial charge in [0.2, 0.25) is 0 Å². The highest BCUT2D eigenvalue weighted by molar-refractivity contribution is 6.46. The molecule has 0 aromatic heterocycles. The van der Waals surface area contributed by atoms with Crippen LogP contribution in [0.15, 0.2) is 18.2 Å². The Balaban J connectivity index is 2.18. The molecule has 2 rings (SSSR count). The van der Waals surface area contributed by atoms with Crippen molar-refractivity contribution in [1.82, 2.24) is 0 Å². The first-order chi connectivity index (χ1) is 9.13. The van der Waals surface area contributed by atoms with Crippen molar-refractivity contribution in [3.63, 3.8) is 0 Å². The molecule has 4 nitrogen and oxygen atoms in total. The van der Waals surface area contributed by atoms with Gasteiger partial charge in [-0.15, -0.1) is 0 Å². The summed E-state index contributed by atoms with van der Waals surface area (Å²) in [4.78, 5) is 12.0. The largest absolute Gasteiger partial charge is 0.535 e. The van der Waals surface area contributed by atoms with Crippen LogP contribution in [0.3, 0.4) is 0 Å². The molecule has 0 amide bonds. The van der Waals surface area contributed by atoms with E-state index in [9.17, 15) is 9.82 Å². The number of esters is 1. The highest BCUT2D eigenvalue weighted by atomic mass is 16.5. The number of unbranched alkanes of at least 4 members (excludes halogenated alkanes) is 1. The molecular weight excluding hydrogens is 243 g/mol. The maximum absolute atomic E-state index is 12.0. The van der Waals surface area contributed by atoms with E-state index >= 15 is 0 Å². The number of fused-ring (bicyclic) bond motifs is 1. The zero-order valence-corrected chi connectivity index (χ0v) is 11.4. The molecule has 1 atom stereocenters. The van der Waals surface area contributed by atoms with Crippen LogP contribution in [-0.2, 0) is 11.2 Å². The van der Waals surface area contributed by atoms with Gasteiger partial charge in [-0.3, -0.25) is 0 Å². The first-order valence-corrected chi connectivity index (χ1v) is 6.77. The van der Waals surface area contributed by atoms with Gasteiger partial charge in [-0.1, -0.05) is 32.4 Å². The van der Waals surface area contributed by atoms with E-state index in [0.29, 0.717) is 24.3 Å². The Kier molecular flexibility index (Phi) is 4.48. The first-order valence-electron chi connectivity index (χ1n) is 6.77. The van der Waals surface area contributed by atoms with Crippen LogP contribution in [0.5, 0.6) is 5.75 Å². The fraction of sp³-hybridized carbons (Fsp3) is 0.500. The average molecular weight is 262 g/mol. The summed E-state index contributed by atoms with van der Waals surface area (Å²) in [5, 5.41) is 9.77. The summed E-state index contributed by atoms with van der Waals surface area (Å²) in [5.41, 5.74) is 1.35. The number of hydrogen-bond acceptors (Lipinski definition) is 4. The third-order valence-electron chi connectivity index (χ3n) is 3.31. The van der Waals surface area contributed by atoms with Crippen molar-refractivity contribution < 1.29 is 19.2 Å². The Morgan fingerprint density at radius 3 is 3.11 bits per heavy atom. The van der Waals surface area contributed by atoms with Crippen molar-refractivity contribution in [1.29, 1.82) is 0 Å². The normalized spacial score (nSPS) is 17.6. The van der Waals surface area contributed by atoms with E-state index in [0.717, 1.165) is 18.4 Å². The zero-order valence-electron chi connectivity index (χ0n) is 11.4. The zero-order chi connectivity index (χ0) is 13.8. The van der Waals surface area contributed by atoms with Crippen LogP contribution >= 0.6 is 0 Å². The van der Waals surface area contributed by atoms with Gasteiger partial charge in [-0.05, 0) is 24.5 Å². The lowest BCUT2D eigenvalue weighted by Crippen LogP contribution is -2.33.